The molecule has 5 rings (SSSR count). The number of amides is 1. The summed E-state index contributed by atoms with van der Waals surface area (Å²) in [6.07, 6.45) is 12.4. The summed E-state index contributed by atoms with van der Waals surface area (Å²) in [6, 6.07) is 1.28. The molecule has 36 heavy (non-hydrogen) atoms. The van der Waals surface area contributed by atoms with Gasteiger partial charge in [0.05, 0.1) is 6.33 Å². The van der Waals surface area contributed by atoms with Gasteiger partial charge in [-0.05, 0) is 85.2 Å². The van der Waals surface area contributed by atoms with E-state index in [-0.39, 0.29) is 18.2 Å². The summed E-state index contributed by atoms with van der Waals surface area (Å²) in [5.74, 6) is 1.51. The van der Waals surface area contributed by atoms with Crippen molar-refractivity contribution in [3.63, 3.8) is 0 Å². The van der Waals surface area contributed by atoms with Crippen LogP contribution in [0.15, 0.2) is 6.33 Å². The zero-order valence-corrected chi connectivity index (χ0v) is 22.0. The molecule has 1 aliphatic heterocycles. The lowest BCUT2D eigenvalue weighted by atomic mass is 9.91. The van der Waals surface area contributed by atoms with Gasteiger partial charge in [0.25, 0.3) is 0 Å². The Labute approximate surface area is 213 Å². The summed E-state index contributed by atoms with van der Waals surface area (Å²) in [7, 11) is 0. The number of hydrogen-bond acceptors (Lipinski definition) is 8. The first-order valence-electron chi connectivity index (χ1n) is 13.8. The molecule has 1 amide bonds. The summed E-state index contributed by atoms with van der Waals surface area (Å²) in [4.78, 5) is 26.8. The molecule has 3 heterocycles. The number of ether oxygens (including phenoxy) is 1. The summed E-state index contributed by atoms with van der Waals surface area (Å²) >= 11 is 0. The van der Waals surface area contributed by atoms with E-state index in [0.29, 0.717) is 18.0 Å². The lowest BCUT2D eigenvalue weighted by molar-refractivity contribution is 0.0492. The van der Waals surface area contributed by atoms with Crippen molar-refractivity contribution in [2.45, 2.75) is 115 Å². The average Bonchev–Trinajstić information content (AvgIpc) is 3.50. The minimum Gasteiger partial charge on any atom is -0.444 e. The lowest BCUT2D eigenvalue weighted by Crippen LogP contribution is -2.42. The van der Waals surface area contributed by atoms with Gasteiger partial charge in [-0.2, -0.15) is 9.97 Å². The zero-order valence-electron chi connectivity index (χ0n) is 22.0. The number of fused-ring (bicyclic) bond motifs is 1. The molecule has 1 saturated heterocycles. The van der Waals surface area contributed by atoms with Crippen LogP contribution < -0.4 is 21.3 Å². The molecule has 2 aromatic heterocycles. The number of imidazole rings is 1. The molecular weight excluding hydrogens is 456 g/mol. The summed E-state index contributed by atoms with van der Waals surface area (Å²) < 4.78 is 7.69. The second-order valence-electron chi connectivity index (χ2n) is 11.7. The van der Waals surface area contributed by atoms with Crippen LogP contribution in [0.25, 0.3) is 11.2 Å². The van der Waals surface area contributed by atoms with Crippen LogP contribution in [0.4, 0.5) is 16.6 Å². The van der Waals surface area contributed by atoms with Crippen molar-refractivity contribution in [1.29, 1.82) is 0 Å². The van der Waals surface area contributed by atoms with Gasteiger partial charge >= 0.3 is 6.09 Å². The molecule has 2 aliphatic carbocycles. The van der Waals surface area contributed by atoms with Gasteiger partial charge in [0.2, 0.25) is 5.95 Å². The number of carbonyl (C=O) groups excluding carboxylic acids is 1. The highest BCUT2D eigenvalue weighted by atomic mass is 16.6. The molecule has 4 N–H and O–H groups in total. The minimum atomic E-state index is -0.482. The second kappa shape index (κ2) is 10.8. The SMILES string of the molecule is CC(C)(C)OC(=O)NC1CCC(Nc2nc(NC3CCNCC3)c3ncn(C4CCCC4)c3n2)CC1. The van der Waals surface area contributed by atoms with E-state index in [2.05, 4.69) is 25.8 Å². The molecule has 0 unspecified atom stereocenters. The Balaban J connectivity index is 1.28. The number of alkyl carbamates (subject to hydrolysis) is 1. The molecule has 10 nitrogen and oxygen atoms in total. The Bertz CT molecular complexity index is 1030. The predicted octanol–water partition coefficient (Wildman–Crippen LogP) is 4.35. The number of nitrogens with one attached hydrogen (secondary N) is 4. The fourth-order valence-electron chi connectivity index (χ4n) is 5.73. The topological polar surface area (TPSA) is 118 Å². The van der Waals surface area contributed by atoms with Crippen molar-refractivity contribution in [2.24, 2.45) is 0 Å². The molecule has 3 aliphatic rings. The van der Waals surface area contributed by atoms with E-state index in [9.17, 15) is 4.79 Å². The highest BCUT2D eigenvalue weighted by Gasteiger charge is 2.27. The third-order valence-electron chi connectivity index (χ3n) is 7.60. The Hall–Kier alpha value is -2.62. The lowest BCUT2D eigenvalue weighted by Gasteiger charge is -2.30. The average molecular weight is 499 g/mol. The maximum Gasteiger partial charge on any atom is 0.407 e. The molecule has 198 valence electrons. The van der Waals surface area contributed by atoms with Gasteiger partial charge in [0.15, 0.2) is 17.0 Å². The van der Waals surface area contributed by atoms with Gasteiger partial charge in [-0.1, -0.05) is 12.8 Å². The van der Waals surface area contributed by atoms with E-state index in [1.165, 1.54) is 25.7 Å². The highest BCUT2D eigenvalue weighted by Crippen LogP contribution is 2.33. The fourth-order valence-corrected chi connectivity index (χ4v) is 5.73. The Morgan fingerprint density at radius 1 is 0.944 bits per heavy atom. The summed E-state index contributed by atoms with van der Waals surface area (Å²) in [6.45, 7) is 7.70. The minimum absolute atomic E-state index is 0.141. The van der Waals surface area contributed by atoms with Gasteiger partial charge < -0.3 is 30.6 Å². The van der Waals surface area contributed by atoms with E-state index in [4.69, 9.17) is 19.7 Å². The maximum absolute atomic E-state index is 12.2. The number of nitrogens with zero attached hydrogens (tertiary/aromatic N) is 4. The normalized spacial score (nSPS) is 24.1. The number of rotatable bonds is 6. The van der Waals surface area contributed by atoms with Crippen LogP contribution in [-0.2, 0) is 4.74 Å². The van der Waals surface area contributed by atoms with Gasteiger partial charge in [0, 0.05) is 24.2 Å². The largest absolute Gasteiger partial charge is 0.444 e. The summed E-state index contributed by atoms with van der Waals surface area (Å²) in [5.41, 5.74) is 1.32. The van der Waals surface area contributed by atoms with Crippen LogP contribution in [0, 0.1) is 0 Å². The van der Waals surface area contributed by atoms with Gasteiger partial charge in [-0.25, -0.2) is 9.78 Å². The quantitative estimate of drug-likeness (QED) is 0.464. The van der Waals surface area contributed by atoms with Crippen molar-refractivity contribution >= 4 is 29.0 Å². The molecule has 0 radical (unpaired) electrons. The van der Waals surface area contributed by atoms with Crippen LogP contribution in [-0.4, -0.2) is 62.4 Å². The zero-order chi connectivity index (χ0) is 25.1. The molecule has 10 heteroatoms. The van der Waals surface area contributed by atoms with E-state index in [0.717, 1.165) is 68.6 Å². The first kappa shape index (κ1) is 25.0. The molecule has 0 atom stereocenters. The Morgan fingerprint density at radius 2 is 1.61 bits per heavy atom. The number of piperidine rings is 1. The molecule has 0 bridgehead atoms. The highest BCUT2D eigenvalue weighted by molar-refractivity contribution is 5.84. The maximum atomic E-state index is 12.2. The number of hydrogen-bond donors (Lipinski definition) is 4. The molecule has 2 aromatic rings. The van der Waals surface area contributed by atoms with Crippen molar-refractivity contribution in [1.82, 2.24) is 30.2 Å². The predicted molar refractivity (Wildman–Crippen MR) is 141 cm³/mol. The number of aromatic nitrogens is 4. The molecular formula is C26H42N8O2. The van der Waals surface area contributed by atoms with Crippen LogP contribution in [0.5, 0.6) is 0 Å². The van der Waals surface area contributed by atoms with Crippen LogP contribution >= 0.6 is 0 Å². The van der Waals surface area contributed by atoms with Crippen molar-refractivity contribution in [3.05, 3.63) is 6.33 Å². The van der Waals surface area contributed by atoms with E-state index in [1.54, 1.807) is 0 Å². The fraction of sp³-hybridized carbons (Fsp3) is 0.769. The van der Waals surface area contributed by atoms with E-state index < -0.39 is 5.60 Å². The van der Waals surface area contributed by atoms with Gasteiger partial charge in [0.1, 0.15) is 5.60 Å². The Morgan fingerprint density at radius 3 is 2.31 bits per heavy atom. The first-order valence-corrected chi connectivity index (χ1v) is 13.8. The molecule has 0 spiro atoms. The standard InChI is InChI=1S/C26H42N8O2/c1-26(2,3)36-25(35)31-18-10-8-17(9-11-18)30-24-32-22(29-19-12-14-27-15-13-19)21-23(33-24)34(16-28-21)20-6-4-5-7-20/h16-20,27H,4-15H2,1-3H3,(H,31,35)(H2,29,30,32,33). The third kappa shape index (κ3) is 6.19. The van der Waals surface area contributed by atoms with Crippen LogP contribution in [0.3, 0.4) is 0 Å². The molecule has 3 fully saturated rings. The monoisotopic (exact) mass is 498 g/mol. The third-order valence-corrected chi connectivity index (χ3v) is 7.60. The number of anilines is 2. The molecule has 2 saturated carbocycles. The van der Waals surface area contributed by atoms with Crippen LogP contribution in [0.1, 0.15) is 91.0 Å². The van der Waals surface area contributed by atoms with Gasteiger partial charge in [-0.3, -0.25) is 0 Å². The van der Waals surface area contributed by atoms with E-state index in [1.807, 2.05) is 27.1 Å². The van der Waals surface area contributed by atoms with Gasteiger partial charge in [-0.15, -0.1) is 0 Å². The molecule has 0 aromatic carbocycles. The van der Waals surface area contributed by atoms with E-state index >= 15 is 0 Å². The van der Waals surface area contributed by atoms with Crippen LogP contribution in [0.2, 0.25) is 0 Å². The second-order valence-corrected chi connectivity index (χ2v) is 11.7. The summed E-state index contributed by atoms with van der Waals surface area (Å²) in [5, 5.41) is 13.8. The van der Waals surface area contributed by atoms with Crippen molar-refractivity contribution in [3.8, 4) is 0 Å². The Kier molecular flexibility index (Phi) is 7.50. The first-order chi connectivity index (χ1) is 17.3. The number of carbonyl (C=O) groups is 1. The van der Waals surface area contributed by atoms with Crippen molar-refractivity contribution in [2.75, 3.05) is 23.7 Å². The smallest absolute Gasteiger partial charge is 0.407 e. The van der Waals surface area contributed by atoms with Crippen molar-refractivity contribution < 1.29 is 9.53 Å².